The number of sulfonamides is 1. The molecule has 0 aromatic heterocycles. The Morgan fingerprint density at radius 2 is 1.79 bits per heavy atom. The van der Waals surface area contributed by atoms with Crippen molar-refractivity contribution in [3.8, 4) is 0 Å². The molecule has 1 amide bonds. The van der Waals surface area contributed by atoms with Crippen molar-refractivity contribution in [3.63, 3.8) is 0 Å². The van der Waals surface area contributed by atoms with Crippen LogP contribution in [-0.4, -0.2) is 38.5 Å². The third kappa shape index (κ3) is 5.37. The number of carbonyl (C=O) groups excluding carboxylic acids is 1. The molecule has 5 nitrogen and oxygen atoms in total. The first-order valence-electron chi connectivity index (χ1n) is 9.16. The van der Waals surface area contributed by atoms with E-state index in [2.05, 4.69) is 11.4 Å². The molecule has 7 heteroatoms. The molecule has 1 N–H and O–H groups in total. The zero-order chi connectivity index (χ0) is 20.9. The Labute approximate surface area is 172 Å². The van der Waals surface area contributed by atoms with Crippen LogP contribution in [0.4, 0.5) is 0 Å². The van der Waals surface area contributed by atoms with Gasteiger partial charge in [0.2, 0.25) is 15.9 Å². The van der Waals surface area contributed by atoms with Crippen molar-refractivity contribution in [3.05, 3.63) is 59.2 Å². The number of nitrogens with zero attached hydrogens (tertiary/aromatic N) is 1. The second-order valence-electron chi connectivity index (χ2n) is 6.83. The summed E-state index contributed by atoms with van der Waals surface area (Å²) in [4.78, 5) is 13.7. The van der Waals surface area contributed by atoms with Crippen molar-refractivity contribution in [1.82, 2.24) is 9.62 Å². The van der Waals surface area contributed by atoms with Gasteiger partial charge in [0.1, 0.15) is 0 Å². The van der Waals surface area contributed by atoms with Crippen LogP contribution in [0.25, 0.3) is 0 Å². The number of carbonyl (C=O) groups is 1. The molecule has 2 rings (SSSR count). The van der Waals surface area contributed by atoms with Gasteiger partial charge in [0.05, 0.1) is 17.5 Å². The molecule has 28 heavy (non-hydrogen) atoms. The number of likely N-dealkylation sites (N-methyl/N-ethyl adjacent to an activating group) is 1. The Bertz CT molecular complexity index is 925. The second-order valence-corrected chi connectivity index (χ2v) is 9.75. The molecule has 0 radical (unpaired) electrons. The lowest BCUT2D eigenvalue weighted by Crippen LogP contribution is -2.39. The quantitative estimate of drug-likeness (QED) is 0.658. The van der Waals surface area contributed by atoms with Crippen molar-refractivity contribution in [1.29, 1.82) is 0 Å². The normalized spacial score (nSPS) is 12.8. The largest absolute Gasteiger partial charge is 0.348 e. The standard InChI is InChI=1S/C21H28N2O3S2/c1-6-20(19-12-7-15(2)13-16(19)3)22-21(24)14-23(4)28(25,26)18-10-8-17(27-5)9-11-18/h7-13,20H,6,14H2,1-5H3,(H,22,24). The molecule has 0 saturated carbocycles. The average Bonchev–Trinajstić information content (AvgIpc) is 2.66. The van der Waals surface area contributed by atoms with Crippen LogP contribution in [0.3, 0.4) is 0 Å². The summed E-state index contributed by atoms with van der Waals surface area (Å²) in [7, 11) is -2.29. The predicted molar refractivity (Wildman–Crippen MR) is 115 cm³/mol. The van der Waals surface area contributed by atoms with Crippen molar-refractivity contribution >= 4 is 27.7 Å². The molecule has 0 aliphatic heterocycles. The van der Waals surface area contributed by atoms with Crippen molar-refractivity contribution < 1.29 is 13.2 Å². The van der Waals surface area contributed by atoms with Crippen molar-refractivity contribution in [2.75, 3.05) is 19.8 Å². The van der Waals surface area contributed by atoms with Gasteiger partial charge >= 0.3 is 0 Å². The number of nitrogens with one attached hydrogen (secondary N) is 1. The van der Waals surface area contributed by atoms with Gasteiger partial charge < -0.3 is 5.32 Å². The molecule has 2 aromatic carbocycles. The van der Waals surface area contributed by atoms with E-state index in [0.717, 1.165) is 26.7 Å². The molecule has 0 spiro atoms. The lowest BCUT2D eigenvalue weighted by Gasteiger charge is -2.22. The number of hydrogen-bond acceptors (Lipinski definition) is 4. The van der Waals surface area contributed by atoms with E-state index in [0.29, 0.717) is 0 Å². The Hall–Kier alpha value is -1.83. The summed E-state index contributed by atoms with van der Waals surface area (Å²) in [6.45, 7) is 5.82. The van der Waals surface area contributed by atoms with E-state index >= 15 is 0 Å². The highest BCUT2D eigenvalue weighted by atomic mass is 32.2. The summed E-state index contributed by atoms with van der Waals surface area (Å²) in [5.74, 6) is -0.321. The van der Waals surface area contributed by atoms with Gasteiger partial charge in [-0.2, -0.15) is 4.31 Å². The third-order valence-corrected chi connectivity index (χ3v) is 7.24. The first-order chi connectivity index (χ1) is 13.2. The Morgan fingerprint density at radius 1 is 1.14 bits per heavy atom. The summed E-state index contributed by atoms with van der Waals surface area (Å²) < 4.78 is 26.5. The van der Waals surface area contributed by atoms with Gasteiger partial charge in [-0.05, 0) is 61.9 Å². The van der Waals surface area contributed by atoms with Crippen molar-refractivity contribution in [2.24, 2.45) is 0 Å². The number of amides is 1. The molecule has 0 heterocycles. The Kier molecular flexibility index (Phi) is 7.69. The second kappa shape index (κ2) is 9.58. The van der Waals surface area contributed by atoms with Gasteiger partial charge in [0.25, 0.3) is 0 Å². The zero-order valence-corrected chi connectivity index (χ0v) is 18.7. The first kappa shape index (κ1) is 22.5. The van der Waals surface area contributed by atoms with Gasteiger partial charge in [0, 0.05) is 11.9 Å². The van der Waals surface area contributed by atoms with Gasteiger partial charge in [-0.1, -0.05) is 30.7 Å². The van der Waals surface area contributed by atoms with E-state index in [-0.39, 0.29) is 23.4 Å². The molecular formula is C21H28N2O3S2. The van der Waals surface area contributed by atoms with E-state index in [1.54, 1.807) is 36.0 Å². The fourth-order valence-corrected chi connectivity index (χ4v) is 4.61. The smallest absolute Gasteiger partial charge is 0.243 e. The number of thioether (sulfide) groups is 1. The summed E-state index contributed by atoms with van der Waals surface area (Å²) in [5.41, 5.74) is 3.34. The highest BCUT2D eigenvalue weighted by Crippen LogP contribution is 2.22. The third-order valence-electron chi connectivity index (χ3n) is 4.68. The predicted octanol–water partition coefficient (Wildman–Crippen LogP) is 3.91. The van der Waals surface area contributed by atoms with Gasteiger partial charge in [0.15, 0.2) is 0 Å². The van der Waals surface area contributed by atoms with Crippen LogP contribution in [0.2, 0.25) is 0 Å². The minimum atomic E-state index is -3.72. The summed E-state index contributed by atoms with van der Waals surface area (Å²) >= 11 is 1.54. The highest BCUT2D eigenvalue weighted by molar-refractivity contribution is 7.98. The number of aryl methyl sites for hydroxylation is 2. The summed E-state index contributed by atoms with van der Waals surface area (Å²) in [6, 6.07) is 12.6. The van der Waals surface area contributed by atoms with Crippen LogP contribution in [0, 0.1) is 13.8 Å². The van der Waals surface area contributed by atoms with Gasteiger partial charge in [-0.3, -0.25) is 4.79 Å². The molecule has 1 unspecified atom stereocenters. The van der Waals surface area contributed by atoms with E-state index in [1.165, 1.54) is 12.6 Å². The molecule has 0 saturated heterocycles. The van der Waals surface area contributed by atoms with Crippen molar-refractivity contribution in [2.45, 2.75) is 43.0 Å². The van der Waals surface area contributed by atoms with E-state index in [1.807, 2.05) is 39.2 Å². The number of benzene rings is 2. The average molecular weight is 421 g/mol. The topological polar surface area (TPSA) is 66.5 Å². The first-order valence-corrected chi connectivity index (χ1v) is 11.8. The zero-order valence-electron chi connectivity index (χ0n) is 17.0. The maximum Gasteiger partial charge on any atom is 0.243 e. The minimum Gasteiger partial charge on any atom is -0.348 e. The number of hydrogen-bond donors (Lipinski definition) is 1. The van der Waals surface area contributed by atoms with Crippen LogP contribution < -0.4 is 5.32 Å². The molecule has 0 fully saturated rings. The van der Waals surface area contributed by atoms with Crippen LogP contribution in [-0.2, 0) is 14.8 Å². The van der Waals surface area contributed by atoms with Gasteiger partial charge in [-0.15, -0.1) is 11.8 Å². The highest BCUT2D eigenvalue weighted by Gasteiger charge is 2.24. The monoisotopic (exact) mass is 420 g/mol. The van der Waals surface area contributed by atoms with E-state index in [4.69, 9.17) is 0 Å². The lowest BCUT2D eigenvalue weighted by atomic mass is 9.97. The van der Waals surface area contributed by atoms with Gasteiger partial charge in [-0.25, -0.2) is 8.42 Å². The fraction of sp³-hybridized carbons (Fsp3) is 0.381. The molecule has 0 bridgehead atoms. The molecule has 2 aromatic rings. The number of rotatable bonds is 8. The van der Waals surface area contributed by atoms with Crippen LogP contribution in [0.1, 0.15) is 36.1 Å². The van der Waals surface area contributed by atoms with Crippen LogP contribution in [0.15, 0.2) is 52.3 Å². The lowest BCUT2D eigenvalue weighted by molar-refractivity contribution is -0.121. The minimum absolute atomic E-state index is 0.148. The van der Waals surface area contributed by atoms with Crippen LogP contribution >= 0.6 is 11.8 Å². The Morgan fingerprint density at radius 3 is 2.32 bits per heavy atom. The van der Waals surface area contributed by atoms with Crippen LogP contribution in [0.5, 0.6) is 0 Å². The summed E-state index contributed by atoms with van der Waals surface area (Å²) in [5, 5.41) is 2.97. The molecule has 0 aliphatic carbocycles. The van der Waals surface area contributed by atoms with E-state index < -0.39 is 10.0 Å². The SMILES string of the molecule is CCC(NC(=O)CN(C)S(=O)(=O)c1ccc(SC)cc1)c1ccc(C)cc1C. The molecule has 0 aliphatic rings. The Balaban J connectivity index is 2.09. The summed E-state index contributed by atoms with van der Waals surface area (Å²) in [6.07, 6.45) is 2.65. The molecular weight excluding hydrogens is 392 g/mol. The van der Waals surface area contributed by atoms with E-state index in [9.17, 15) is 13.2 Å². The maximum absolute atomic E-state index is 12.7. The molecule has 1 atom stereocenters. The maximum atomic E-state index is 12.7. The molecule has 152 valence electrons. The fourth-order valence-electron chi connectivity index (χ4n) is 3.07.